The molecule has 35 heavy (non-hydrogen) atoms. The summed E-state index contributed by atoms with van der Waals surface area (Å²) in [4.78, 5) is 20.1. The standard InChI is InChI=1S/C29H41N3O3/c1-23(2)26-9-7-10-27(28(26)34-3)29(33)32-20-18-31(19-21-32)24-11-13-25(14-12-24)35-22-8-17-30-15-5-4-6-16-30/h7,9-14,23H,4-6,8,15-22H2,1-3H3. The van der Waals surface area contributed by atoms with E-state index < -0.39 is 0 Å². The molecule has 2 fully saturated rings. The predicted molar refractivity (Wildman–Crippen MR) is 142 cm³/mol. The summed E-state index contributed by atoms with van der Waals surface area (Å²) in [6.45, 7) is 11.6. The number of para-hydroxylation sites is 1. The lowest BCUT2D eigenvalue weighted by Crippen LogP contribution is -2.48. The Morgan fingerprint density at radius 2 is 1.63 bits per heavy atom. The molecule has 2 aromatic rings. The predicted octanol–water partition coefficient (Wildman–Crippen LogP) is 5.04. The van der Waals surface area contributed by atoms with E-state index in [2.05, 4.69) is 47.9 Å². The lowest BCUT2D eigenvalue weighted by atomic mass is 9.98. The molecule has 2 aromatic carbocycles. The number of carbonyl (C=O) groups is 1. The van der Waals surface area contributed by atoms with Crippen LogP contribution in [0.15, 0.2) is 42.5 Å². The monoisotopic (exact) mass is 479 g/mol. The van der Waals surface area contributed by atoms with Crippen molar-refractivity contribution in [2.75, 3.05) is 64.4 Å². The number of benzene rings is 2. The van der Waals surface area contributed by atoms with Crippen LogP contribution in [0.1, 0.15) is 61.4 Å². The van der Waals surface area contributed by atoms with Crippen molar-refractivity contribution in [3.63, 3.8) is 0 Å². The van der Waals surface area contributed by atoms with Gasteiger partial charge < -0.3 is 24.2 Å². The molecule has 1 amide bonds. The molecule has 0 unspecified atom stereocenters. The minimum atomic E-state index is 0.0531. The number of likely N-dealkylation sites (tertiary alicyclic amines) is 1. The first-order valence-electron chi connectivity index (χ1n) is 13.2. The molecule has 2 saturated heterocycles. The maximum Gasteiger partial charge on any atom is 0.257 e. The van der Waals surface area contributed by atoms with Crippen molar-refractivity contribution in [3.8, 4) is 11.5 Å². The molecule has 0 spiro atoms. The second-order valence-corrected chi connectivity index (χ2v) is 9.96. The second-order valence-electron chi connectivity index (χ2n) is 9.96. The number of amides is 1. The summed E-state index contributed by atoms with van der Waals surface area (Å²) in [7, 11) is 1.65. The van der Waals surface area contributed by atoms with Gasteiger partial charge in [0.25, 0.3) is 5.91 Å². The Morgan fingerprint density at radius 3 is 2.29 bits per heavy atom. The van der Waals surface area contributed by atoms with E-state index >= 15 is 0 Å². The largest absolute Gasteiger partial charge is 0.496 e. The quantitative estimate of drug-likeness (QED) is 0.472. The zero-order valence-electron chi connectivity index (χ0n) is 21.7. The summed E-state index contributed by atoms with van der Waals surface area (Å²) in [5.74, 6) is 1.99. The van der Waals surface area contributed by atoms with Gasteiger partial charge in [0.15, 0.2) is 0 Å². The van der Waals surface area contributed by atoms with E-state index in [9.17, 15) is 4.79 Å². The van der Waals surface area contributed by atoms with Crippen LogP contribution in [0.3, 0.4) is 0 Å². The van der Waals surface area contributed by atoms with E-state index in [1.54, 1.807) is 7.11 Å². The molecular weight excluding hydrogens is 438 g/mol. The van der Waals surface area contributed by atoms with E-state index in [0.29, 0.717) is 30.3 Å². The van der Waals surface area contributed by atoms with Crippen LogP contribution < -0.4 is 14.4 Å². The van der Waals surface area contributed by atoms with Crippen LogP contribution >= 0.6 is 0 Å². The van der Waals surface area contributed by atoms with Crippen molar-refractivity contribution in [3.05, 3.63) is 53.6 Å². The molecule has 0 aromatic heterocycles. The summed E-state index contributed by atoms with van der Waals surface area (Å²) in [5, 5.41) is 0. The molecule has 0 N–H and O–H groups in total. The highest BCUT2D eigenvalue weighted by Crippen LogP contribution is 2.31. The van der Waals surface area contributed by atoms with Gasteiger partial charge in [-0.2, -0.15) is 0 Å². The van der Waals surface area contributed by atoms with Crippen molar-refractivity contribution < 1.29 is 14.3 Å². The summed E-state index contributed by atoms with van der Waals surface area (Å²) in [6, 6.07) is 14.3. The number of piperazine rings is 1. The molecule has 2 aliphatic heterocycles. The molecule has 6 heteroatoms. The topological polar surface area (TPSA) is 45.3 Å². The lowest BCUT2D eigenvalue weighted by Gasteiger charge is -2.36. The van der Waals surface area contributed by atoms with Gasteiger partial charge in [-0.05, 0) is 74.2 Å². The normalized spacial score (nSPS) is 17.0. The van der Waals surface area contributed by atoms with Crippen LogP contribution in [0, 0.1) is 0 Å². The summed E-state index contributed by atoms with van der Waals surface area (Å²) in [6.07, 6.45) is 5.13. The third kappa shape index (κ3) is 6.49. The molecular formula is C29H41N3O3. The molecule has 4 rings (SSSR count). The maximum atomic E-state index is 13.3. The van der Waals surface area contributed by atoms with Crippen molar-refractivity contribution in [2.45, 2.75) is 45.4 Å². The Labute approximate surface area is 210 Å². The minimum absolute atomic E-state index is 0.0531. The van der Waals surface area contributed by atoms with Gasteiger partial charge in [0.1, 0.15) is 11.5 Å². The summed E-state index contributed by atoms with van der Waals surface area (Å²) >= 11 is 0. The zero-order chi connectivity index (χ0) is 24.6. The first-order chi connectivity index (χ1) is 17.1. The number of methoxy groups -OCH3 is 1. The zero-order valence-corrected chi connectivity index (χ0v) is 21.7. The van der Waals surface area contributed by atoms with E-state index in [0.717, 1.165) is 44.0 Å². The molecule has 0 aliphatic carbocycles. The number of carbonyl (C=O) groups excluding carboxylic acids is 1. The highest BCUT2D eigenvalue weighted by atomic mass is 16.5. The first kappa shape index (κ1) is 25.4. The highest BCUT2D eigenvalue weighted by molar-refractivity contribution is 5.97. The van der Waals surface area contributed by atoms with Crippen LogP contribution in [-0.4, -0.2) is 75.2 Å². The fourth-order valence-corrected chi connectivity index (χ4v) is 5.16. The number of ether oxygens (including phenoxy) is 2. The Bertz CT molecular complexity index is 946. The van der Waals surface area contributed by atoms with Gasteiger partial charge in [-0.25, -0.2) is 0 Å². The van der Waals surface area contributed by atoms with Crippen molar-refractivity contribution in [1.29, 1.82) is 0 Å². The first-order valence-corrected chi connectivity index (χ1v) is 13.2. The van der Waals surface area contributed by atoms with Crippen molar-refractivity contribution in [1.82, 2.24) is 9.80 Å². The SMILES string of the molecule is COc1c(C(=O)N2CCN(c3ccc(OCCCN4CCCCC4)cc3)CC2)cccc1C(C)C. The average molecular weight is 480 g/mol. The van der Waals surface area contributed by atoms with Crippen LogP contribution in [0.5, 0.6) is 11.5 Å². The van der Waals surface area contributed by atoms with Crippen molar-refractivity contribution >= 4 is 11.6 Å². The lowest BCUT2D eigenvalue weighted by molar-refractivity contribution is 0.0743. The number of piperidine rings is 1. The van der Waals surface area contributed by atoms with Gasteiger partial charge in [-0.1, -0.05) is 32.4 Å². The maximum absolute atomic E-state index is 13.3. The fraction of sp³-hybridized carbons (Fsp3) is 0.552. The van der Waals surface area contributed by atoms with Crippen molar-refractivity contribution in [2.24, 2.45) is 0 Å². The average Bonchev–Trinajstić information content (AvgIpc) is 2.91. The number of rotatable bonds is 9. The fourth-order valence-electron chi connectivity index (χ4n) is 5.16. The molecule has 2 aliphatic rings. The Balaban J connectivity index is 1.25. The molecule has 0 atom stereocenters. The molecule has 2 heterocycles. The number of hydrogen-bond donors (Lipinski definition) is 0. The van der Waals surface area contributed by atoms with Gasteiger partial charge in [0.05, 0.1) is 19.3 Å². The number of anilines is 1. The summed E-state index contributed by atoms with van der Waals surface area (Å²) in [5.41, 5.74) is 2.91. The molecule has 190 valence electrons. The van der Waals surface area contributed by atoms with Crippen LogP contribution in [0.4, 0.5) is 5.69 Å². The molecule has 0 bridgehead atoms. The smallest absolute Gasteiger partial charge is 0.257 e. The minimum Gasteiger partial charge on any atom is -0.496 e. The van der Waals surface area contributed by atoms with E-state index in [1.807, 2.05) is 23.1 Å². The number of hydrogen-bond acceptors (Lipinski definition) is 5. The van der Waals surface area contributed by atoms with Gasteiger partial charge in [0, 0.05) is 38.4 Å². The van der Waals surface area contributed by atoms with Crippen LogP contribution in [-0.2, 0) is 0 Å². The number of nitrogens with zero attached hydrogens (tertiary/aromatic N) is 3. The third-order valence-electron chi connectivity index (χ3n) is 7.21. The van der Waals surface area contributed by atoms with E-state index in [1.165, 1.54) is 38.0 Å². The third-order valence-corrected chi connectivity index (χ3v) is 7.21. The molecule has 6 nitrogen and oxygen atoms in total. The van der Waals surface area contributed by atoms with Crippen LogP contribution in [0.25, 0.3) is 0 Å². The van der Waals surface area contributed by atoms with E-state index in [4.69, 9.17) is 9.47 Å². The van der Waals surface area contributed by atoms with Gasteiger partial charge in [0.2, 0.25) is 0 Å². The summed E-state index contributed by atoms with van der Waals surface area (Å²) < 4.78 is 11.6. The van der Waals surface area contributed by atoms with Gasteiger partial charge in [-0.15, -0.1) is 0 Å². The molecule has 0 radical (unpaired) electrons. The molecule has 0 saturated carbocycles. The van der Waals surface area contributed by atoms with Gasteiger partial charge in [-0.3, -0.25) is 4.79 Å². The Kier molecular flexibility index (Phi) is 8.91. The highest BCUT2D eigenvalue weighted by Gasteiger charge is 2.26. The second kappa shape index (κ2) is 12.3. The van der Waals surface area contributed by atoms with Crippen LogP contribution in [0.2, 0.25) is 0 Å². The van der Waals surface area contributed by atoms with E-state index in [-0.39, 0.29) is 5.91 Å². The Hall–Kier alpha value is -2.73. The van der Waals surface area contributed by atoms with Gasteiger partial charge >= 0.3 is 0 Å². The Morgan fingerprint density at radius 1 is 0.914 bits per heavy atom.